The number of carbonyl (C=O) groups is 2. The molecule has 1 aliphatic heterocycles. The molecule has 1 heterocycles. The van der Waals surface area contributed by atoms with E-state index in [0.717, 1.165) is 11.3 Å². The van der Waals surface area contributed by atoms with Gasteiger partial charge in [-0.05, 0) is 49.1 Å². The van der Waals surface area contributed by atoms with Gasteiger partial charge in [0.25, 0.3) is 0 Å². The van der Waals surface area contributed by atoms with Crippen molar-refractivity contribution in [1.29, 1.82) is 0 Å². The first-order valence-corrected chi connectivity index (χ1v) is 11.1. The Hall–Kier alpha value is -2.71. The van der Waals surface area contributed by atoms with Gasteiger partial charge in [0.15, 0.2) is 0 Å². The highest BCUT2D eigenvalue weighted by atomic mass is 32.2. The Morgan fingerprint density at radius 1 is 1.00 bits per heavy atom. The van der Waals surface area contributed by atoms with Gasteiger partial charge in [-0.15, -0.1) is 0 Å². The number of nitrogens with one attached hydrogen (secondary N) is 1. The van der Waals surface area contributed by atoms with E-state index >= 15 is 0 Å². The number of hydrogen-bond donors (Lipinski definition) is 2. The van der Waals surface area contributed by atoms with E-state index in [4.69, 9.17) is 5.14 Å². The molecule has 1 aliphatic rings. The molecule has 0 bridgehead atoms. The zero-order valence-corrected chi connectivity index (χ0v) is 16.9. The molecule has 1 saturated heterocycles. The third-order valence-corrected chi connectivity index (χ3v) is 6.07. The highest BCUT2D eigenvalue weighted by molar-refractivity contribution is 7.89. The van der Waals surface area contributed by atoms with Crippen LogP contribution in [0.25, 0.3) is 0 Å². The number of sulfonamides is 1. The van der Waals surface area contributed by atoms with E-state index in [1.165, 1.54) is 12.1 Å². The minimum Gasteiger partial charge on any atom is -0.343 e. The first-order valence-electron chi connectivity index (χ1n) is 9.58. The molecule has 2 amide bonds. The van der Waals surface area contributed by atoms with Crippen LogP contribution < -0.4 is 10.5 Å². The number of primary sulfonamides is 1. The van der Waals surface area contributed by atoms with Gasteiger partial charge >= 0.3 is 0 Å². The normalized spacial score (nSPS) is 15.1. The van der Waals surface area contributed by atoms with Crippen molar-refractivity contribution in [3.05, 3.63) is 60.2 Å². The van der Waals surface area contributed by atoms with Crippen LogP contribution in [0.1, 0.15) is 24.8 Å². The van der Waals surface area contributed by atoms with E-state index in [9.17, 15) is 18.0 Å². The number of amides is 2. The van der Waals surface area contributed by atoms with Crippen molar-refractivity contribution in [2.75, 3.05) is 18.4 Å². The van der Waals surface area contributed by atoms with Crippen molar-refractivity contribution in [1.82, 2.24) is 4.90 Å². The summed E-state index contributed by atoms with van der Waals surface area (Å²) in [6.45, 7) is 1.13. The SMILES string of the molecule is NS(=O)(=O)c1ccc(CCC(=O)N2CCC(C(=O)Nc3ccccc3)CC2)cc1. The summed E-state index contributed by atoms with van der Waals surface area (Å²) in [6.07, 6.45) is 2.16. The van der Waals surface area contributed by atoms with Crippen LogP contribution in [0.2, 0.25) is 0 Å². The topological polar surface area (TPSA) is 110 Å². The molecule has 0 radical (unpaired) electrons. The molecule has 2 aromatic carbocycles. The Balaban J connectivity index is 1.44. The van der Waals surface area contributed by atoms with Gasteiger partial charge in [-0.1, -0.05) is 30.3 Å². The quantitative estimate of drug-likeness (QED) is 0.753. The van der Waals surface area contributed by atoms with E-state index in [1.807, 2.05) is 30.3 Å². The fraction of sp³-hybridized carbons (Fsp3) is 0.333. The summed E-state index contributed by atoms with van der Waals surface area (Å²) in [5.74, 6) is -0.0503. The molecule has 3 N–H and O–H groups in total. The maximum atomic E-state index is 12.5. The molecule has 3 rings (SSSR count). The highest BCUT2D eigenvalue weighted by Gasteiger charge is 2.27. The number of likely N-dealkylation sites (tertiary alicyclic amines) is 1. The van der Waals surface area contributed by atoms with Crippen molar-refractivity contribution in [2.24, 2.45) is 11.1 Å². The second-order valence-corrected chi connectivity index (χ2v) is 8.76. The Morgan fingerprint density at radius 3 is 2.21 bits per heavy atom. The molecule has 0 spiro atoms. The van der Waals surface area contributed by atoms with Crippen LogP contribution in [0.5, 0.6) is 0 Å². The number of para-hydroxylation sites is 1. The lowest BCUT2D eigenvalue weighted by Gasteiger charge is -2.31. The fourth-order valence-corrected chi connectivity index (χ4v) is 3.93. The lowest BCUT2D eigenvalue weighted by Crippen LogP contribution is -2.41. The number of anilines is 1. The summed E-state index contributed by atoms with van der Waals surface area (Å²) < 4.78 is 22.6. The van der Waals surface area contributed by atoms with Crippen LogP contribution in [0.3, 0.4) is 0 Å². The van der Waals surface area contributed by atoms with Crippen molar-refractivity contribution < 1.29 is 18.0 Å². The Bertz CT molecular complexity index is 951. The van der Waals surface area contributed by atoms with Gasteiger partial charge in [0, 0.05) is 31.1 Å². The number of nitrogens with two attached hydrogens (primary N) is 1. The van der Waals surface area contributed by atoms with Gasteiger partial charge in [0.05, 0.1) is 4.90 Å². The van der Waals surface area contributed by atoms with Crippen LogP contribution in [0, 0.1) is 5.92 Å². The Morgan fingerprint density at radius 2 is 1.62 bits per heavy atom. The summed E-state index contributed by atoms with van der Waals surface area (Å²) in [5.41, 5.74) is 1.66. The molecule has 1 fully saturated rings. The summed E-state index contributed by atoms with van der Waals surface area (Å²) >= 11 is 0. The van der Waals surface area contributed by atoms with Crippen LogP contribution in [0.15, 0.2) is 59.5 Å². The van der Waals surface area contributed by atoms with Crippen LogP contribution in [-0.4, -0.2) is 38.2 Å². The number of benzene rings is 2. The van der Waals surface area contributed by atoms with Gasteiger partial charge in [0.2, 0.25) is 21.8 Å². The predicted octanol–water partition coefficient (Wildman–Crippen LogP) is 2.14. The lowest BCUT2D eigenvalue weighted by atomic mass is 9.95. The molecule has 0 saturated carbocycles. The highest BCUT2D eigenvalue weighted by Crippen LogP contribution is 2.20. The molecule has 0 atom stereocenters. The number of carbonyl (C=O) groups excluding carboxylic acids is 2. The minimum atomic E-state index is -3.71. The van der Waals surface area contributed by atoms with Gasteiger partial charge in [-0.2, -0.15) is 0 Å². The first-order chi connectivity index (χ1) is 13.8. The van der Waals surface area contributed by atoms with Crippen LogP contribution >= 0.6 is 0 Å². The molecule has 0 unspecified atom stereocenters. The standard InChI is InChI=1S/C21H25N3O4S/c22-29(27,28)19-9-6-16(7-10-19)8-11-20(25)24-14-12-17(13-15-24)21(26)23-18-4-2-1-3-5-18/h1-7,9-10,17H,8,11-15H2,(H,23,26)(H2,22,27,28). The maximum absolute atomic E-state index is 12.5. The van der Waals surface area contributed by atoms with Gasteiger partial charge in [-0.25, -0.2) is 13.6 Å². The lowest BCUT2D eigenvalue weighted by molar-refractivity contribution is -0.134. The zero-order valence-electron chi connectivity index (χ0n) is 16.1. The number of nitrogens with zero attached hydrogens (tertiary/aromatic N) is 1. The van der Waals surface area contributed by atoms with Crippen molar-refractivity contribution >= 4 is 27.5 Å². The Labute approximate surface area is 171 Å². The van der Waals surface area contributed by atoms with E-state index < -0.39 is 10.0 Å². The number of hydrogen-bond acceptors (Lipinski definition) is 4. The molecular weight excluding hydrogens is 390 g/mol. The van der Waals surface area contributed by atoms with Crippen molar-refractivity contribution in [3.8, 4) is 0 Å². The van der Waals surface area contributed by atoms with Crippen LogP contribution in [-0.2, 0) is 26.0 Å². The zero-order chi connectivity index (χ0) is 20.9. The third kappa shape index (κ3) is 5.88. The molecular formula is C21H25N3O4S. The number of rotatable bonds is 6. The van der Waals surface area contributed by atoms with E-state index in [2.05, 4.69) is 5.32 Å². The molecule has 154 valence electrons. The summed E-state index contributed by atoms with van der Waals surface area (Å²) in [5, 5.41) is 8.01. The largest absolute Gasteiger partial charge is 0.343 e. The van der Waals surface area contributed by atoms with Crippen molar-refractivity contribution in [3.63, 3.8) is 0 Å². The van der Waals surface area contributed by atoms with Gasteiger partial charge < -0.3 is 10.2 Å². The Kier molecular flexibility index (Phi) is 6.66. The minimum absolute atomic E-state index is 0.00163. The summed E-state index contributed by atoms with van der Waals surface area (Å²) in [7, 11) is -3.71. The van der Waals surface area contributed by atoms with E-state index in [-0.39, 0.29) is 22.6 Å². The maximum Gasteiger partial charge on any atom is 0.238 e. The van der Waals surface area contributed by atoms with Gasteiger partial charge in [0.1, 0.15) is 0 Å². The molecule has 8 heteroatoms. The summed E-state index contributed by atoms with van der Waals surface area (Å²) in [4.78, 5) is 26.7. The first kappa shape index (κ1) is 21.0. The second kappa shape index (κ2) is 9.19. The molecule has 7 nitrogen and oxygen atoms in total. The number of aryl methyl sites for hydroxylation is 1. The van der Waals surface area contributed by atoms with E-state index in [0.29, 0.717) is 38.8 Å². The number of piperidine rings is 1. The third-order valence-electron chi connectivity index (χ3n) is 5.14. The molecule has 2 aromatic rings. The average molecular weight is 416 g/mol. The monoisotopic (exact) mass is 415 g/mol. The molecule has 0 aliphatic carbocycles. The van der Waals surface area contributed by atoms with E-state index in [1.54, 1.807) is 17.0 Å². The second-order valence-electron chi connectivity index (χ2n) is 7.20. The predicted molar refractivity (Wildman–Crippen MR) is 111 cm³/mol. The smallest absolute Gasteiger partial charge is 0.238 e. The average Bonchev–Trinajstić information content (AvgIpc) is 2.72. The fourth-order valence-electron chi connectivity index (χ4n) is 3.41. The molecule has 0 aromatic heterocycles. The van der Waals surface area contributed by atoms with Crippen LogP contribution in [0.4, 0.5) is 5.69 Å². The van der Waals surface area contributed by atoms with Gasteiger partial charge in [-0.3, -0.25) is 9.59 Å². The molecule has 29 heavy (non-hydrogen) atoms. The summed E-state index contributed by atoms with van der Waals surface area (Å²) in [6, 6.07) is 15.6. The van der Waals surface area contributed by atoms with Crippen molar-refractivity contribution in [2.45, 2.75) is 30.6 Å².